The number of anilines is 1. The number of piperazine rings is 1. The smallest absolute Gasteiger partial charge is 0.257 e. The third-order valence-electron chi connectivity index (χ3n) is 5.27. The SMILES string of the molecule is CC[C@@H](O)CN1CCN(C(=O)c2cccnc2N2CCCCC2)CC1. The number of carbonyl (C=O) groups is 1. The lowest BCUT2D eigenvalue weighted by Gasteiger charge is -2.36. The van der Waals surface area contributed by atoms with Crippen LogP contribution in [-0.4, -0.2) is 77.7 Å². The Morgan fingerprint density at radius 1 is 1.16 bits per heavy atom. The van der Waals surface area contributed by atoms with E-state index in [2.05, 4.69) is 14.8 Å². The molecular weight excluding hydrogens is 316 g/mol. The number of β-amino-alcohol motifs (C(OH)–C–C–N with tert-alkyl or cyclic N) is 1. The molecule has 0 radical (unpaired) electrons. The molecule has 2 saturated heterocycles. The number of aliphatic hydroxyl groups excluding tert-OH is 1. The minimum absolute atomic E-state index is 0.0874. The highest BCUT2D eigenvalue weighted by Gasteiger charge is 2.26. The van der Waals surface area contributed by atoms with Crippen molar-refractivity contribution in [3.8, 4) is 0 Å². The highest BCUT2D eigenvalue weighted by Crippen LogP contribution is 2.23. The fourth-order valence-electron chi connectivity index (χ4n) is 3.65. The molecule has 1 amide bonds. The first-order valence-corrected chi connectivity index (χ1v) is 9.58. The Hall–Kier alpha value is -1.66. The molecule has 0 bridgehead atoms. The highest BCUT2D eigenvalue weighted by molar-refractivity contribution is 5.99. The van der Waals surface area contributed by atoms with Crippen molar-refractivity contribution in [2.75, 3.05) is 50.7 Å². The first-order chi connectivity index (χ1) is 12.2. The summed E-state index contributed by atoms with van der Waals surface area (Å²) in [6.07, 6.45) is 5.88. The van der Waals surface area contributed by atoms with Crippen LogP contribution in [0.5, 0.6) is 0 Å². The van der Waals surface area contributed by atoms with Gasteiger partial charge in [0.15, 0.2) is 0 Å². The molecule has 0 aromatic carbocycles. The standard InChI is InChI=1S/C19H30N4O2/c1-2-16(24)15-21-11-13-23(14-12-21)19(25)17-7-6-8-20-18(17)22-9-4-3-5-10-22/h6-8,16,24H,2-5,9-15H2,1H3/t16-/m1/s1. The van der Waals surface area contributed by atoms with Gasteiger partial charge in [-0.05, 0) is 37.8 Å². The Kier molecular flexibility index (Phi) is 6.26. The summed E-state index contributed by atoms with van der Waals surface area (Å²) in [7, 11) is 0. The van der Waals surface area contributed by atoms with E-state index in [1.165, 1.54) is 19.3 Å². The normalized spacial score (nSPS) is 20.6. The van der Waals surface area contributed by atoms with Crippen molar-refractivity contribution in [1.82, 2.24) is 14.8 Å². The fourth-order valence-corrected chi connectivity index (χ4v) is 3.65. The Bertz CT molecular complexity index is 566. The van der Waals surface area contributed by atoms with Gasteiger partial charge in [-0.1, -0.05) is 6.92 Å². The van der Waals surface area contributed by atoms with Gasteiger partial charge < -0.3 is 14.9 Å². The summed E-state index contributed by atoms with van der Waals surface area (Å²) in [5.74, 6) is 0.931. The zero-order valence-corrected chi connectivity index (χ0v) is 15.2. The molecule has 3 heterocycles. The van der Waals surface area contributed by atoms with Gasteiger partial charge in [0.1, 0.15) is 5.82 Å². The number of hydrogen-bond acceptors (Lipinski definition) is 5. The van der Waals surface area contributed by atoms with Crippen LogP contribution in [0.4, 0.5) is 5.82 Å². The summed E-state index contributed by atoms with van der Waals surface area (Å²) >= 11 is 0. The van der Waals surface area contributed by atoms with Crippen LogP contribution in [0.1, 0.15) is 43.0 Å². The number of nitrogens with zero attached hydrogens (tertiary/aromatic N) is 4. The van der Waals surface area contributed by atoms with Crippen LogP contribution in [0.3, 0.4) is 0 Å². The van der Waals surface area contributed by atoms with Gasteiger partial charge >= 0.3 is 0 Å². The second-order valence-electron chi connectivity index (χ2n) is 7.08. The number of piperidine rings is 1. The lowest BCUT2D eigenvalue weighted by Crippen LogP contribution is -2.50. The molecule has 3 rings (SSSR count). The number of pyridine rings is 1. The summed E-state index contributed by atoms with van der Waals surface area (Å²) in [5.41, 5.74) is 0.728. The van der Waals surface area contributed by atoms with Crippen LogP contribution in [0.15, 0.2) is 18.3 Å². The maximum Gasteiger partial charge on any atom is 0.257 e. The number of hydrogen-bond donors (Lipinski definition) is 1. The van der Waals surface area contributed by atoms with E-state index >= 15 is 0 Å². The minimum atomic E-state index is -0.272. The second kappa shape index (κ2) is 8.63. The van der Waals surface area contributed by atoms with E-state index in [0.717, 1.165) is 44.0 Å². The first-order valence-electron chi connectivity index (χ1n) is 9.58. The van der Waals surface area contributed by atoms with Crippen LogP contribution in [0.2, 0.25) is 0 Å². The first kappa shape index (κ1) is 18.1. The predicted molar refractivity (Wildman–Crippen MR) is 98.9 cm³/mol. The topological polar surface area (TPSA) is 59.9 Å². The number of rotatable bonds is 5. The summed E-state index contributed by atoms with van der Waals surface area (Å²) in [6, 6.07) is 3.76. The van der Waals surface area contributed by atoms with Gasteiger partial charge in [0.05, 0.1) is 11.7 Å². The van der Waals surface area contributed by atoms with Crippen molar-refractivity contribution in [2.24, 2.45) is 0 Å². The van der Waals surface area contributed by atoms with Crippen LogP contribution in [0, 0.1) is 0 Å². The molecule has 1 atom stereocenters. The summed E-state index contributed by atoms with van der Waals surface area (Å²) < 4.78 is 0. The molecule has 138 valence electrons. The third-order valence-corrected chi connectivity index (χ3v) is 5.27. The molecule has 1 aromatic rings. The van der Waals surface area contributed by atoms with Crippen LogP contribution >= 0.6 is 0 Å². The summed E-state index contributed by atoms with van der Waals surface area (Å²) in [6.45, 7) is 7.73. The number of aromatic nitrogens is 1. The maximum absolute atomic E-state index is 13.0. The van der Waals surface area contributed by atoms with Gasteiger partial charge in [-0.25, -0.2) is 4.98 Å². The van der Waals surface area contributed by atoms with Gasteiger partial charge in [-0.2, -0.15) is 0 Å². The molecule has 1 aromatic heterocycles. The van der Waals surface area contributed by atoms with E-state index in [1.54, 1.807) is 6.20 Å². The van der Waals surface area contributed by atoms with Gasteiger partial charge in [0.25, 0.3) is 5.91 Å². The van der Waals surface area contributed by atoms with E-state index in [-0.39, 0.29) is 12.0 Å². The van der Waals surface area contributed by atoms with E-state index < -0.39 is 0 Å². The van der Waals surface area contributed by atoms with Gasteiger partial charge in [0.2, 0.25) is 0 Å². The zero-order chi connectivity index (χ0) is 17.6. The van der Waals surface area contributed by atoms with Crippen molar-refractivity contribution in [1.29, 1.82) is 0 Å². The van der Waals surface area contributed by atoms with Crippen LogP contribution < -0.4 is 4.90 Å². The van der Waals surface area contributed by atoms with E-state index in [9.17, 15) is 9.90 Å². The van der Waals surface area contributed by atoms with Crippen molar-refractivity contribution < 1.29 is 9.90 Å². The molecule has 6 nitrogen and oxygen atoms in total. The zero-order valence-electron chi connectivity index (χ0n) is 15.2. The largest absolute Gasteiger partial charge is 0.392 e. The lowest BCUT2D eigenvalue weighted by atomic mass is 10.1. The average Bonchev–Trinajstić information content (AvgIpc) is 2.68. The summed E-state index contributed by atoms with van der Waals surface area (Å²) in [4.78, 5) is 24.0. The number of aliphatic hydroxyl groups is 1. The lowest BCUT2D eigenvalue weighted by molar-refractivity contribution is 0.0524. The molecule has 0 unspecified atom stereocenters. The molecule has 1 N–H and O–H groups in total. The molecule has 0 aliphatic carbocycles. The maximum atomic E-state index is 13.0. The molecule has 2 aliphatic heterocycles. The molecular formula is C19H30N4O2. The van der Waals surface area contributed by atoms with Gasteiger partial charge in [-0.3, -0.25) is 9.69 Å². The van der Waals surface area contributed by atoms with Gasteiger partial charge in [-0.15, -0.1) is 0 Å². The second-order valence-corrected chi connectivity index (χ2v) is 7.08. The van der Waals surface area contributed by atoms with Crippen LogP contribution in [-0.2, 0) is 0 Å². The fraction of sp³-hybridized carbons (Fsp3) is 0.684. The van der Waals surface area contributed by atoms with Crippen molar-refractivity contribution in [2.45, 2.75) is 38.7 Å². The molecule has 2 fully saturated rings. The molecule has 0 saturated carbocycles. The van der Waals surface area contributed by atoms with E-state index in [0.29, 0.717) is 19.6 Å². The average molecular weight is 346 g/mol. The van der Waals surface area contributed by atoms with Gasteiger partial charge in [0, 0.05) is 52.0 Å². The van der Waals surface area contributed by atoms with Crippen LogP contribution in [0.25, 0.3) is 0 Å². The van der Waals surface area contributed by atoms with Crippen molar-refractivity contribution in [3.63, 3.8) is 0 Å². The van der Waals surface area contributed by atoms with Crippen molar-refractivity contribution in [3.05, 3.63) is 23.9 Å². The van der Waals surface area contributed by atoms with E-state index in [4.69, 9.17) is 0 Å². The Balaban J connectivity index is 1.64. The quantitative estimate of drug-likeness (QED) is 0.878. The molecule has 25 heavy (non-hydrogen) atoms. The van der Waals surface area contributed by atoms with E-state index in [1.807, 2.05) is 24.0 Å². The third kappa shape index (κ3) is 4.50. The highest BCUT2D eigenvalue weighted by atomic mass is 16.3. The molecule has 0 spiro atoms. The Morgan fingerprint density at radius 3 is 2.56 bits per heavy atom. The Labute approximate surface area is 150 Å². The summed E-state index contributed by atoms with van der Waals surface area (Å²) in [5, 5.41) is 9.81. The monoisotopic (exact) mass is 346 g/mol. The predicted octanol–water partition coefficient (Wildman–Crippen LogP) is 1.60. The number of carbonyl (C=O) groups excluding carboxylic acids is 1. The molecule has 6 heteroatoms. The minimum Gasteiger partial charge on any atom is -0.392 e. The Morgan fingerprint density at radius 2 is 1.88 bits per heavy atom. The molecule has 2 aliphatic rings. The number of amides is 1. The van der Waals surface area contributed by atoms with Crippen molar-refractivity contribution >= 4 is 11.7 Å².